The Morgan fingerprint density at radius 3 is 2.61 bits per heavy atom. The number of rotatable bonds is 5. The van der Waals surface area contributed by atoms with Gasteiger partial charge in [0.1, 0.15) is 21.0 Å². The van der Waals surface area contributed by atoms with Crippen LogP contribution < -0.4 is 9.64 Å². The van der Waals surface area contributed by atoms with Crippen LogP contribution in [0, 0.1) is 0 Å². The van der Waals surface area contributed by atoms with Crippen molar-refractivity contribution >= 4 is 44.1 Å². The number of benzene rings is 1. The number of carbonyl (C=O) groups excluding carboxylic acids is 1. The average molecular weight is 451 g/mol. The molecule has 0 aliphatic carbocycles. The number of amides is 1. The van der Waals surface area contributed by atoms with Gasteiger partial charge in [0, 0.05) is 37.3 Å². The highest BCUT2D eigenvalue weighted by atomic mass is 32.1. The van der Waals surface area contributed by atoms with Crippen LogP contribution in [-0.2, 0) is 0 Å². The van der Waals surface area contributed by atoms with Gasteiger partial charge in [-0.25, -0.2) is 9.97 Å². The Hall–Kier alpha value is -2.97. The van der Waals surface area contributed by atoms with Gasteiger partial charge in [0.2, 0.25) is 0 Å². The molecule has 6 nitrogen and oxygen atoms in total. The van der Waals surface area contributed by atoms with Gasteiger partial charge in [0.05, 0.1) is 6.61 Å². The number of ether oxygens (including phenoxy) is 1. The molecule has 4 aromatic rings. The second-order valence-electron chi connectivity index (χ2n) is 7.21. The maximum Gasteiger partial charge on any atom is 0.267 e. The maximum absolute atomic E-state index is 13.3. The highest BCUT2D eigenvalue weighted by molar-refractivity contribution is 7.21. The van der Waals surface area contributed by atoms with Crippen LogP contribution >= 0.6 is 22.7 Å². The summed E-state index contributed by atoms with van der Waals surface area (Å²) in [5, 5.41) is 0.971. The van der Waals surface area contributed by atoms with E-state index in [0.717, 1.165) is 39.0 Å². The molecule has 5 rings (SSSR count). The van der Waals surface area contributed by atoms with E-state index in [0.29, 0.717) is 30.3 Å². The molecule has 4 heterocycles. The highest BCUT2D eigenvalue weighted by Crippen LogP contribution is 2.37. The summed E-state index contributed by atoms with van der Waals surface area (Å²) < 4.78 is 5.81. The molecule has 0 bridgehead atoms. The Bertz CT molecular complexity index is 1160. The molecule has 0 radical (unpaired) electrons. The molecule has 0 atom stereocenters. The van der Waals surface area contributed by atoms with E-state index in [1.165, 1.54) is 11.3 Å². The Morgan fingerprint density at radius 2 is 1.87 bits per heavy atom. The summed E-state index contributed by atoms with van der Waals surface area (Å²) in [5.41, 5.74) is 2.02. The van der Waals surface area contributed by atoms with Crippen LogP contribution in [0.3, 0.4) is 0 Å². The van der Waals surface area contributed by atoms with Gasteiger partial charge in [-0.2, -0.15) is 0 Å². The number of pyridine rings is 1. The fourth-order valence-corrected chi connectivity index (χ4v) is 5.70. The van der Waals surface area contributed by atoms with Crippen molar-refractivity contribution in [1.82, 2.24) is 14.9 Å². The van der Waals surface area contributed by atoms with Crippen LogP contribution in [-0.4, -0.2) is 53.6 Å². The molecular weight excluding hydrogens is 428 g/mol. The molecule has 1 aliphatic rings. The van der Waals surface area contributed by atoms with Crippen molar-refractivity contribution in [1.29, 1.82) is 0 Å². The van der Waals surface area contributed by atoms with Crippen LogP contribution in [0.1, 0.15) is 16.6 Å². The van der Waals surface area contributed by atoms with E-state index in [1.807, 2.05) is 48.2 Å². The third-order valence-electron chi connectivity index (χ3n) is 5.24. The molecular formula is C23H22N4O2S2. The number of hydrogen-bond donors (Lipinski definition) is 0. The standard InChI is InChI=1S/C23H22N4O2S2/c1-2-29-18-15-19(16-7-4-3-5-8-16)30-20(18)22(28)26-11-13-27(14-12-26)23-25-17-9-6-10-24-21(17)31-23/h3-10,15H,2,11-14H2,1H3. The fourth-order valence-electron chi connectivity index (χ4n) is 3.67. The molecule has 1 fully saturated rings. The van der Waals surface area contributed by atoms with Crippen LogP contribution in [0.25, 0.3) is 20.8 Å². The molecule has 158 valence electrons. The summed E-state index contributed by atoms with van der Waals surface area (Å²) in [5.74, 6) is 0.720. The molecule has 3 aromatic heterocycles. The summed E-state index contributed by atoms with van der Waals surface area (Å²) in [6.45, 7) is 5.31. The Morgan fingerprint density at radius 1 is 1.06 bits per heavy atom. The molecule has 1 aliphatic heterocycles. The molecule has 0 unspecified atom stereocenters. The fraction of sp³-hybridized carbons (Fsp3) is 0.261. The average Bonchev–Trinajstić information content (AvgIpc) is 3.44. The van der Waals surface area contributed by atoms with E-state index in [4.69, 9.17) is 9.72 Å². The van der Waals surface area contributed by atoms with Crippen LogP contribution in [0.4, 0.5) is 5.13 Å². The lowest BCUT2D eigenvalue weighted by molar-refractivity contribution is 0.0748. The first-order valence-electron chi connectivity index (χ1n) is 10.3. The van der Waals surface area contributed by atoms with Crippen molar-refractivity contribution in [3.63, 3.8) is 0 Å². The number of hydrogen-bond acceptors (Lipinski definition) is 7. The maximum atomic E-state index is 13.3. The van der Waals surface area contributed by atoms with Gasteiger partial charge >= 0.3 is 0 Å². The number of thiophene rings is 1. The molecule has 8 heteroatoms. The van der Waals surface area contributed by atoms with Crippen LogP contribution in [0.2, 0.25) is 0 Å². The zero-order valence-corrected chi connectivity index (χ0v) is 18.8. The number of carbonyl (C=O) groups is 1. The summed E-state index contributed by atoms with van der Waals surface area (Å²) in [6, 6.07) is 16.0. The van der Waals surface area contributed by atoms with Gasteiger partial charge in [-0.15, -0.1) is 11.3 Å². The van der Waals surface area contributed by atoms with E-state index in [-0.39, 0.29) is 5.91 Å². The third-order valence-corrected chi connectivity index (χ3v) is 7.44. The smallest absolute Gasteiger partial charge is 0.267 e. The molecule has 0 saturated carbocycles. The normalized spacial score (nSPS) is 14.2. The van der Waals surface area contributed by atoms with E-state index in [9.17, 15) is 4.79 Å². The minimum atomic E-state index is 0.0428. The summed E-state index contributed by atoms with van der Waals surface area (Å²) in [4.78, 5) is 29.3. The van der Waals surface area contributed by atoms with Gasteiger partial charge in [-0.1, -0.05) is 41.7 Å². The number of piperazine rings is 1. The highest BCUT2D eigenvalue weighted by Gasteiger charge is 2.28. The van der Waals surface area contributed by atoms with Gasteiger partial charge in [0.15, 0.2) is 5.13 Å². The SMILES string of the molecule is CCOc1cc(-c2ccccc2)sc1C(=O)N1CCN(c2nc3cccnc3s2)CC1. The molecule has 0 N–H and O–H groups in total. The first-order valence-corrected chi connectivity index (χ1v) is 11.9. The van der Waals surface area contributed by atoms with E-state index in [2.05, 4.69) is 22.0 Å². The van der Waals surface area contributed by atoms with E-state index < -0.39 is 0 Å². The van der Waals surface area contributed by atoms with Crippen molar-refractivity contribution in [2.45, 2.75) is 6.92 Å². The quantitative estimate of drug-likeness (QED) is 0.438. The van der Waals surface area contributed by atoms with Crippen molar-refractivity contribution in [3.05, 3.63) is 59.6 Å². The van der Waals surface area contributed by atoms with Crippen LogP contribution in [0.15, 0.2) is 54.7 Å². The number of aromatic nitrogens is 2. The largest absolute Gasteiger partial charge is 0.492 e. The molecule has 1 amide bonds. The Balaban J connectivity index is 1.32. The number of nitrogens with zero attached hydrogens (tertiary/aromatic N) is 4. The van der Waals surface area contributed by atoms with Gasteiger partial charge in [0.25, 0.3) is 5.91 Å². The van der Waals surface area contributed by atoms with Gasteiger partial charge in [-0.05, 0) is 30.7 Å². The van der Waals surface area contributed by atoms with Crippen molar-refractivity contribution < 1.29 is 9.53 Å². The zero-order valence-electron chi connectivity index (χ0n) is 17.2. The molecule has 1 saturated heterocycles. The minimum Gasteiger partial charge on any atom is -0.492 e. The molecule has 0 spiro atoms. The Kier molecular flexibility index (Phi) is 5.57. The Labute approximate surface area is 188 Å². The third kappa shape index (κ3) is 4.00. The van der Waals surface area contributed by atoms with E-state index in [1.54, 1.807) is 17.5 Å². The van der Waals surface area contributed by atoms with Gasteiger partial charge < -0.3 is 14.5 Å². The second-order valence-corrected chi connectivity index (χ2v) is 9.21. The summed E-state index contributed by atoms with van der Waals surface area (Å²) in [7, 11) is 0. The van der Waals surface area contributed by atoms with Crippen molar-refractivity contribution in [3.8, 4) is 16.2 Å². The van der Waals surface area contributed by atoms with Crippen LogP contribution in [0.5, 0.6) is 5.75 Å². The zero-order chi connectivity index (χ0) is 21.2. The lowest BCUT2D eigenvalue weighted by Gasteiger charge is -2.34. The first kappa shape index (κ1) is 20.0. The number of anilines is 1. The summed E-state index contributed by atoms with van der Waals surface area (Å²) in [6.07, 6.45) is 1.79. The lowest BCUT2D eigenvalue weighted by Crippen LogP contribution is -2.48. The minimum absolute atomic E-state index is 0.0428. The van der Waals surface area contributed by atoms with Gasteiger partial charge in [-0.3, -0.25) is 4.79 Å². The summed E-state index contributed by atoms with van der Waals surface area (Å²) >= 11 is 3.11. The number of fused-ring (bicyclic) bond motifs is 1. The molecule has 1 aromatic carbocycles. The monoisotopic (exact) mass is 450 g/mol. The first-order chi connectivity index (χ1) is 15.2. The van der Waals surface area contributed by atoms with E-state index >= 15 is 0 Å². The van der Waals surface area contributed by atoms with Crippen molar-refractivity contribution in [2.75, 3.05) is 37.7 Å². The predicted octanol–water partition coefficient (Wildman–Crippen LogP) is 4.78. The molecule has 31 heavy (non-hydrogen) atoms. The predicted molar refractivity (Wildman–Crippen MR) is 126 cm³/mol. The lowest BCUT2D eigenvalue weighted by atomic mass is 10.2. The topological polar surface area (TPSA) is 58.6 Å². The number of thiazole rings is 1. The second kappa shape index (κ2) is 8.64. The van der Waals surface area contributed by atoms with Crippen molar-refractivity contribution in [2.24, 2.45) is 0 Å².